The van der Waals surface area contributed by atoms with Crippen LogP contribution in [0.1, 0.15) is 48.5 Å². The molecule has 4 heteroatoms. The molecule has 1 fully saturated rings. The molecule has 20 heavy (non-hydrogen) atoms. The number of nitrogens with one attached hydrogen (secondary N) is 1. The first-order valence-corrected chi connectivity index (χ1v) is 7.92. The van der Waals surface area contributed by atoms with Crippen LogP contribution in [0, 0.1) is 12.8 Å². The second-order valence-electron chi connectivity index (χ2n) is 6.07. The number of ether oxygens (including phenoxy) is 1. The zero-order valence-electron chi connectivity index (χ0n) is 12.6. The first kappa shape index (κ1) is 14.0. The van der Waals surface area contributed by atoms with Crippen LogP contribution in [0.3, 0.4) is 0 Å². The van der Waals surface area contributed by atoms with Gasteiger partial charge in [0, 0.05) is 23.9 Å². The fraction of sp³-hybridized carbons (Fsp3) is 0.750. The van der Waals surface area contributed by atoms with E-state index in [0.29, 0.717) is 5.92 Å². The number of hydrogen-bond acceptors (Lipinski definition) is 4. The number of nitrogens with zero attached hydrogens (tertiary/aromatic N) is 2. The molecule has 0 spiro atoms. The molecule has 3 rings (SSSR count). The van der Waals surface area contributed by atoms with E-state index in [2.05, 4.69) is 19.2 Å². The van der Waals surface area contributed by atoms with E-state index in [-0.39, 0.29) is 0 Å². The van der Waals surface area contributed by atoms with E-state index in [1.807, 2.05) is 0 Å². The molecule has 1 aromatic rings. The summed E-state index contributed by atoms with van der Waals surface area (Å²) in [5.41, 5.74) is 3.90. The molecule has 2 heterocycles. The first-order chi connectivity index (χ1) is 9.78. The predicted octanol–water partition coefficient (Wildman–Crippen LogP) is 2.00. The van der Waals surface area contributed by atoms with Crippen molar-refractivity contribution in [3.63, 3.8) is 0 Å². The van der Waals surface area contributed by atoms with E-state index >= 15 is 0 Å². The zero-order valence-corrected chi connectivity index (χ0v) is 12.6. The van der Waals surface area contributed by atoms with Gasteiger partial charge in [0.1, 0.15) is 5.82 Å². The van der Waals surface area contributed by atoms with Crippen LogP contribution in [0.15, 0.2) is 0 Å². The molecule has 0 aromatic carbocycles. The highest BCUT2D eigenvalue weighted by Gasteiger charge is 2.26. The van der Waals surface area contributed by atoms with E-state index in [1.165, 1.54) is 23.4 Å². The fourth-order valence-corrected chi connectivity index (χ4v) is 3.33. The normalized spacial score (nSPS) is 25.7. The van der Waals surface area contributed by atoms with E-state index in [0.717, 1.165) is 57.3 Å². The predicted molar refractivity (Wildman–Crippen MR) is 79.0 cm³/mol. The van der Waals surface area contributed by atoms with Crippen LogP contribution in [-0.4, -0.2) is 36.3 Å². The summed E-state index contributed by atoms with van der Waals surface area (Å²) in [5, 5.41) is 3.47. The molecule has 1 aliphatic heterocycles. The number of rotatable bonds is 4. The van der Waals surface area contributed by atoms with Crippen molar-refractivity contribution in [1.82, 2.24) is 15.3 Å². The zero-order chi connectivity index (χ0) is 13.9. The topological polar surface area (TPSA) is 47.0 Å². The number of hydrogen-bond donors (Lipinski definition) is 1. The number of aryl methyl sites for hydroxylation is 2. The van der Waals surface area contributed by atoms with Crippen molar-refractivity contribution in [2.45, 2.75) is 45.4 Å². The smallest absolute Gasteiger partial charge is 0.134 e. The van der Waals surface area contributed by atoms with Gasteiger partial charge in [0.2, 0.25) is 0 Å². The van der Waals surface area contributed by atoms with Crippen molar-refractivity contribution in [3.05, 3.63) is 22.8 Å². The molecule has 2 unspecified atom stereocenters. The van der Waals surface area contributed by atoms with Crippen LogP contribution >= 0.6 is 0 Å². The second-order valence-corrected chi connectivity index (χ2v) is 6.07. The van der Waals surface area contributed by atoms with Gasteiger partial charge < -0.3 is 10.1 Å². The van der Waals surface area contributed by atoms with E-state index in [4.69, 9.17) is 14.7 Å². The lowest BCUT2D eigenvalue weighted by molar-refractivity contribution is 0.193. The Hall–Kier alpha value is -1.00. The van der Waals surface area contributed by atoms with Crippen LogP contribution < -0.4 is 5.32 Å². The molecule has 2 aliphatic rings. The Labute approximate surface area is 121 Å². The molecule has 1 aliphatic carbocycles. The highest BCUT2D eigenvalue weighted by molar-refractivity contribution is 5.29. The van der Waals surface area contributed by atoms with E-state index in [1.54, 1.807) is 0 Å². The average molecular weight is 275 g/mol. The van der Waals surface area contributed by atoms with Gasteiger partial charge in [0.15, 0.2) is 0 Å². The standard InChI is InChI=1S/C16H25N3O/c1-3-17-9-12-4-5-15-14(8-12)11(2)18-16(19-15)13-6-7-20-10-13/h12-13,17H,3-10H2,1-2H3. The van der Waals surface area contributed by atoms with Gasteiger partial charge in [-0.3, -0.25) is 0 Å². The molecule has 1 N–H and O–H groups in total. The van der Waals surface area contributed by atoms with Gasteiger partial charge in [-0.2, -0.15) is 0 Å². The van der Waals surface area contributed by atoms with Crippen LogP contribution in [0.4, 0.5) is 0 Å². The lowest BCUT2D eigenvalue weighted by Gasteiger charge is -2.26. The summed E-state index contributed by atoms with van der Waals surface area (Å²) in [7, 11) is 0. The van der Waals surface area contributed by atoms with Crippen molar-refractivity contribution >= 4 is 0 Å². The molecular formula is C16H25N3O. The first-order valence-electron chi connectivity index (χ1n) is 7.92. The van der Waals surface area contributed by atoms with E-state index < -0.39 is 0 Å². The van der Waals surface area contributed by atoms with Crippen molar-refractivity contribution in [1.29, 1.82) is 0 Å². The third kappa shape index (κ3) is 2.86. The summed E-state index contributed by atoms with van der Waals surface area (Å²) < 4.78 is 5.47. The molecule has 2 atom stereocenters. The molecule has 0 bridgehead atoms. The largest absolute Gasteiger partial charge is 0.381 e. The second kappa shape index (κ2) is 6.19. The third-order valence-electron chi connectivity index (χ3n) is 4.58. The SMILES string of the molecule is CCNCC1CCc2nc(C3CCOC3)nc(C)c2C1. The highest BCUT2D eigenvalue weighted by Crippen LogP contribution is 2.29. The van der Waals surface area contributed by atoms with Crippen molar-refractivity contribution in [2.75, 3.05) is 26.3 Å². The Morgan fingerprint density at radius 3 is 2.95 bits per heavy atom. The molecule has 1 saturated heterocycles. The quantitative estimate of drug-likeness (QED) is 0.913. The van der Waals surface area contributed by atoms with Crippen molar-refractivity contribution in [2.24, 2.45) is 5.92 Å². The summed E-state index contributed by atoms with van der Waals surface area (Å²) >= 11 is 0. The Morgan fingerprint density at radius 2 is 2.20 bits per heavy atom. The lowest BCUT2D eigenvalue weighted by atomic mass is 9.85. The maximum absolute atomic E-state index is 5.47. The lowest BCUT2D eigenvalue weighted by Crippen LogP contribution is -2.28. The Morgan fingerprint density at radius 1 is 1.30 bits per heavy atom. The highest BCUT2D eigenvalue weighted by atomic mass is 16.5. The summed E-state index contributed by atoms with van der Waals surface area (Å²) in [5.74, 6) is 2.17. The molecular weight excluding hydrogens is 250 g/mol. The minimum Gasteiger partial charge on any atom is -0.381 e. The van der Waals surface area contributed by atoms with Gasteiger partial charge in [-0.05, 0) is 57.2 Å². The molecule has 1 aromatic heterocycles. The van der Waals surface area contributed by atoms with Crippen molar-refractivity contribution < 1.29 is 4.74 Å². The van der Waals surface area contributed by atoms with Gasteiger partial charge in [-0.25, -0.2) is 9.97 Å². The molecule has 110 valence electrons. The monoisotopic (exact) mass is 275 g/mol. The van der Waals surface area contributed by atoms with Gasteiger partial charge >= 0.3 is 0 Å². The van der Waals surface area contributed by atoms with Gasteiger partial charge in [0.25, 0.3) is 0 Å². The average Bonchev–Trinajstić information content (AvgIpc) is 2.99. The van der Waals surface area contributed by atoms with E-state index in [9.17, 15) is 0 Å². The summed E-state index contributed by atoms with van der Waals surface area (Å²) in [6, 6.07) is 0. The summed E-state index contributed by atoms with van der Waals surface area (Å²) in [6.45, 7) is 8.14. The maximum atomic E-state index is 5.47. The molecule has 0 radical (unpaired) electrons. The van der Waals surface area contributed by atoms with Gasteiger partial charge in [-0.15, -0.1) is 0 Å². The summed E-state index contributed by atoms with van der Waals surface area (Å²) in [4.78, 5) is 9.63. The Balaban J connectivity index is 1.78. The number of fused-ring (bicyclic) bond motifs is 1. The Kier molecular flexibility index (Phi) is 4.32. The molecule has 4 nitrogen and oxygen atoms in total. The maximum Gasteiger partial charge on any atom is 0.134 e. The van der Waals surface area contributed by atoms with Gasteiger partial charge in [0.05, 0.1) is 6.61 Å². The molecule has 0 saturated carbocycles. The van der Waals surface area contributed by atoms with Crippen molar-refractivity contribution in [3.8, 4) is 0 Å². The minimum atomic E-state index is 0.415. The number of aromatic nitrogens is 2. The van der Waals surface area contributed by atoms with Crippen LogP contribution in [0.25, 0.3) is 0 Å². The minimum absolute atomic E-state index is 0.415. The Bertz CT molecular complexity index is 469. The fourth-order valence-electron chi connectivity index (χ4n) is 3.33. The third-order valence-corrected chi connectivity index (χ3v) is 4.58. The van der Waals surface area contributed by atoms with Crippen LogP contribution in [0.2, 0.25) is 0 Å². The van der Waals surface area contributed by atoms with Crippen LogP contribution in [-0.2, 0) is 17.6 Å². The molecule has 0 amide bonds. The van der Waals surface area contributed by atoms with Crippen LogP contribution in [0.5, 0.6) is 0 Å². The summed E-state index contributed by atoms with van der Waals surface area (Å²) in [6.07, 6.45) is 4.56. The van der Waals surface area contributed by atoms with Gasteiger partial charge in [-0.1, -0.05) is 6.92 Å².